The van der Waals surface area contributed by atoms with E-state index in [1.807, 2.05) is 49.6 Å². The van der Waals surface area contributed by atoms with Crippen LogP contribution in [0.25, 0.3) is 0 Å². The van der Waals surface area contributed by atoms with E-state index in [0.29, 0.717) is 37.9 Å². The number of rotatable bonds is 40. The third kappa shape index (κ3) is 24.4. The zero-order chi connectivity index (χ0) is 77.0. The molecule has 105 heavy (non-hydrogen) atoms. The van der Waals surface area contributed by atoms with Gasteiger partial charge in [0.15, 0.2) is 18.5 Å². The molecule has 1 radical (unpaired) electrons. The number of amides is 6. The monoisotopic (exact) mass is 1580 g/mol. The van der Waals surface area contributed by atoms with Crippen LogP contribution in [0.4, 0.5) is 0 Å². The smallest absolute Gasteiger partial charge is 0.336 e. The van der Waals surface area contributed by atoms with Crippen LogP contribution >= 0.6 is 11.3 Å². The zero-order valence-electron chi connectivity index (χ0n) is 61.8. The predicted molar refractivity (Wildman–Crippen MR) is 374 cm³/mol. The summed E-state index contributed by atoms with van der Waals surface area (Å²) in [5, 5.41) is 132. The standard InChI is InChI=1S/C69H110N12O22S.Y/c1-13-38(6)56(49(99-11)29-52(87)81-26-17-20-44(81)62(100-12)39(7)63(93)74-43(65-71-25-27-104-65)28-41-18-15-14-16-19-41)79(10)66(95)53(36(2)3)75-64(94)55(37(4)5)78(9)33-46(84)57(88)58(89)47(85)34-80-32-42(76-77-80)22-24-70-51(86)35-101-72-31-50-54(73-40(8)82)45(83)30-69(103-50,68(97)98)23-21-48-59(90)60(91)61(92)67(96)102-48;/h14-16,18-19,25,27,31-32,36-39,43-50,53-62,67,83-85,88-92,96H,13,17,20-24,26,28-30,33-35H2,1-12H3,(H,70,86)(H,73,82)(H,74,93)(H,75,94)(H,97,98);/b72-31+;. The van der Waals surface area contributed by atoms with Crippen molar-refractivity contribution in [1.29, 1.82) is 0 Å². The van der Waals surface area contributed by atoms with E-state index in [-0.39, 0.29) is 88.8 Å². The summed E-state index contributed by atoms with van der Waals surface area (Å²) >= 11 is 1.46. The second kappa shape index (κ2) is 42.3. The molecule has 0 spiro atoms. The van der Waals surface area contributed by atoms with Crippen LogP contribution in [0.3, 0.4) is 0 Å². The second-order valence-corrected chi connectivity index (χ2v) is 29.1. The van der Waals surface area contributed by atoms with Crippen LogP contribution in [0, 0.1) is 23.7 Å². The fourth-order valence-electron chi connectivity index (χ4n) is 14.0. The molecular weight excluding hydrogens is 1470 g/mol. The Morgan fingerprint density at radius 3 is 2.19 bits per heavy atom. The number of likely N-dealkylation sites (tertiary alicyclic amines) is 1. The maximum atomic E-state index is 14.9. The number of likely N-dealkylation sites (N-methyl/N-ethyl adjacent to an activating group) is 2. The van der Waals surface area contributed by atoms with Crippen LogP contribution in [-0.2, 0) is 109 Å². The number of carboxylic acids is 1. The minimum Gasteiger partial charge on any atom is -0.479 e. The van der Waals surface area contributed by atoms with Crippen molar-refractivity contribution in [3.8, 4) is 0 Å². The zero-order valence-corrected chi connectivity index (χ0v) is 65.5. The van der Waals surface area contributed by atoms with Crippen molar-refractivity contribution >= 4 is 59.0 Å². The van der Waals surface area contributed by atoms with E-state index in [1.165, 1.54) is 41.3 Å². The Labute approximate surface area is 641 Å². The maximum absolute atomic E-state index is 14.9. The molecule has 36 heteroatoms. The van der Waals surface area contributed by atoms with Gasteiger partial charge in [-0.15, -0.1) is 16.4 Å². The fourth-order valence-corrected chi connectivity index (χ4v) is 14.7. The van der Waals surface area contributed by atoms with E-state index in [0.717, 1.165) is 23.7 Å². The van der Waals surface area contributed by atoms with Crippen LogP contribution in [-0.4, -0.2) is 303 Å². The largest absolute Gasteiger partial charge is 0.479 e. The van der Waals surface area contributed by atoms with Gasteiger partial charge in [0.1, 0.15) is 53.8 Å². The molecule has 0 saturated carbocycles. The van der Waals surface area contributed by atoms with E-state index in [1.54, 1.807) is 64.8 Å². The summed E-state index contributed by atoms with van der Waals surface area (Å²) in [5.41, 5.74) is -0.826. The van der Waals surface area contributed by atoms with Gasteiger partial charge in [-0.05, 0) is 62.5 Å². The number of nitrogens with one attached hydrogen (secondary N) is 4. The van der Waals surface area contributed by atoms with Gasteiger partial charge in [0.25, 0.3) is 5.91 Å². The van der Waals surface area contributed by atoms with Gasteiger partial charge in [0.05, 0.1) is 91.5 Å². The Bertz CT molecular complexity index is 3240. The first-order valence-corrected chi connectivity index (χ1v) is 36.2. The Balaban J connectivity index is 0.0000198. The number of carbonyl (C=O) groups is 7. The average Bonchev–Trinajstić information content (AvgIpc) is 1.77. The van der Waals surface area contributed by atoms with Crippen molar-refractivity contribution in [3.05, 3.63) is 64.4 Å². The molecule has 3 saturated heterocycles. The number of nitrogens with zero attached hydrogens (tertiary/aromatic N) is 8. The van der Waals surface area contributed by atoms with E-state index < -0.39 is 189 Å². The minimum absolute atomic E-state index is 0. The van der Waals surface area contributed by atoms with Crippen LogP contribution < -0.4 is 21.3 Å². The number of aliphatic carboxylic acids is 1. The summed E-state index contributed by atoms with van der Waals surface area (Å²) in [4.78, 5) is 110. The van der Waals surface area contributed by atoms with Gasteiger partial charge in [0.2, 0.25) is 29.5 Å². The number of methoxy groups -OCH3 is 2. The Morgan fingerprint density at radius 2 is 1.58 bits per heavy atom. The molecule has 5 heterocycles. The van der Waals surface area contributed by atoms with E-state index >= 15 is 0 Å². The third-order valence-electron chi connectivity index (χ3n) is 19.9. The number of aliphatic hydroxyl groups excluding tert-OH is 9. The number of thiazole rings is 1. The minimum atomic E-state index is -2.19. The van der Waals surface area contributed by atoms with E-state index in [9.17, 15) is 84.6 Å². The van der Waals surface area contributed by atoms with Crippen molar-refractivity contribution in [1.82, 2.24) is 55.9 Å². The SMILES string of the molecule is CCC(C)C(C(CC(=O)N1CCCC1C(OC)C(C)C(=O)NC(Cc1ccccc1)c1nccs1)OC)N(C)C(=O)C(NC(=O)C(C(C)C)N(C)CC(O)C(O)C(O)C(O)Cn1cc(CCNC(=O)CO/N=C/C2OC(CCC3OC(O)C(O)C(O)C3O)(C(=O)O)CC(O)C2NC(C)=O)nn1)C(C)C.[Y]. The summed E-state index contributed by atoms with van der Waals surface area (Å²) in [7, 11) is 6.20. The third-order valence-corrected chi connectivity index (χ3v) is 20.8. The quantitative estimate of drug-likeness (QED) is 0.0217. The van der Waals surface area contributed by atoms with Gasteiger partial charge in [-0.2, -0.15) is 0 Å². The summed E-state index contributed by atoms with van der Waals surface area (Å²) < 4.78 is 24.4. The first kappa shape index (κ1) is 89.9. The molecule has 6 amide bonds. The summed E-state index contributed by atoms with van der Waals surface area (Å²) in [6.45, 7) is 13.0. The summed E-state index contributed by atoms with van der Waals surface area (Å²) in [6, 6.07) is 5.06. The molecule has 3 aliphatic heterocycles. The van der Waals surface area contributed by atoms with Crippen molar-refractivity contribution < 1.29 is 141 Å². The molecule has 6 rings (SSSR count). The normalized spacial score (nSPS) is 25.5. The number of carbonyl (C=O) groups excluding carboxylic acids is 6. The van der Waals surface area contributed by atoms with Gasteiger partial charge < -0.3 is 106 Å². The van der Waals surface area contributed by atoms with Crippen LogP contribution in [0.2, 0.25) is 0 Å². The van der Waals surface area contributed by atoms with Gasteiger partial charge in [-0.1, -0.05) is 95.6 Å². The molecule has 14 N–H and O–H groups in total. The van der Waals surface area contributed by atoms with Crippen LogP contribution in [0.5, 0.6) is 0 Å². The molecule has 22 atom stereocenters. The molecule has 587 valence electrons. The first-order chi connectivity index (χ1) is 49.2. The molecule has 0 bridgehead atoms. The molecule has 3 fully saturated rings. The number of carboxylic acid groups (broad SMARTS) is 1. The molecule has 0 aliphatic carbocycles. The topological polar surface area (TPSA) is 482 Å². The van der Waals surface area contributed by atoms with Gasteiger partial charge in [-0.3, -0.25) is 33.7 Å². The molecular formula is C69H110N12O22SY. The van der Waals surface area contributed by atoms with E-state index in [4.69, 9.17) is 23.8 Å². The maximum Gasteiger partial charge on any atom is 0.336 e. The van der Waals surface area contributed by atoms with Crippen molar-refractivity contribution in [2.75, 3.05) is 54.6 Å². The van der Waals surface area contributed by atoms with Gasteiger partial charge in [-0.25, -0.2) is 14.5 Å². The van der Waals surface area contributed by atoms with Crippen LogP contribution in [0.1, 0.15) is 123 Å². The van der Waals surface area contributed by atoms with Crippen molar-refractivity contribution in [2.24, 2.45) is 28.8 Å². The van der Waals surface area contributed by atoms with E-state index in [2.05, 4.69) is 41.7 Å². The Kier molecular flexibility index (Phi) is 36.2. The van der Waals surface area contributed by atoms with Crippen LogP contribution in [0.15, 0.2) is 53.3 Å². The number of hydrogen-bond acceptors (Lipinski definition) is 27. The Hall–Kier alpha value is -5.71. The van der Waals surface area contributed by atoms with Crippen molar-refractivity contribution in [2.45, 2.75) is 241 Å². The first-order valence-electron chi connectivity index (χ1n) is 35.3. The Morgan fingerprint density at radius 1 is 0.895 bits per heavy atom. The summed E-state index contributed by atoms with van der Waals surface area (Å²) in [5.74, 6) is -6.02. The fraction of sp³-hybridized carbons (Fsp3) is 0.725. The van der Waals surface area contributed by atoms with Crippen molar-refractivity contribution in [3.63, 3.8) is 0 Å². The number of aliphatic hydroxyl groups is 9. The number of ether oxygens (including phenoxy) is 4. The average molecular weight is 1580 g/mol. The predicted octanol–water partition coefficient (Wildman–Crippen LogP) is -1.99. The number of oxime groups is 1. The summed E-state index contributed by atoms with van der Waals surface area (Å²) in [6.07, 6.45) is -15.2. The van der Waals surface area contributed by atoms with Gasteiger partial charge >= 0.3 is 5.97 Å². The molecule has 34 nitrogen and oxygen atoms in total. The molecule has 3 aliphatic rings. The molecule has 1 aromatic carbocycles. The molecule has 3 aromatic rings. The molecule has 2 aromatic heterocycles. The molecule has 22 unspecified atom stereocenters. The van der Waals surface area contributed by atoms with Gasteiger partial charge in [0, 0.05) is 111 Å². The second-order valence-electron chi connectivity index (χ2n) is 28.2. The number of aromatic nitrogens is 4. The number of benzene rings is 1. The number of hydrogen-bond donors (Lipinski definition) is 14.